The SMILES string of the molecule is Cc1ccnn1Cc1cc(F)cc(C(N)=S)c1. The molecule has 0 spiro atoms. The van der Waals surface area contributed by atoms with Crippen molar-refractivity contribution in [1.82, 2.24) is 9.78 Å². The van der Waals surface area contributed by atoms with E-state index in [0.29, 0.717) is 12.1 Å². The zero-order chi connectivity index (χ0) is 12.4. The van der Waals surface area contributed by atoms with Gasteiger partial charge in [-0.2, -0.15) is 5.10 Å². The Balaban J connectivity index is 2.33. The molecule has 0 aliphatic heterocycles. The Labute approximate surface area is 104 Å². The smallest absolute Gasteiger partial charge is 0.124 e. The highest BCUT2D eigenvalue weighted by Crippen LogP contribution is 2.11. The first-order chi connectivity index (χ1) is 8.06. The first-order valence-electron chi connectivity index (χ1n) is 5.14. The van der Waals surface area contributed by atoms with Gasteiger partial charge in [0, 0.05) is 17.5 Å². The number of halogens is 1. The van der Waals surface area contributed by atoms with Crippen molar-refractivity contribution in [1.29, 1.82) is 0 Å². The fourth-order valence-corrected chi connectivity index (χ4v) is 1.74. The summed E-state index contributed by atoms with van der Waals surface area (Å²) in [6.45, 7) is 2.45. The molecule has 0 saturated carbocycles. The molecule has 1 aromatic heterocycles. The molecule has 17 heavy (non-hydrogen) atoms. The molecule has 3 nitrogen and oxygen atoms in total. The lowest BCUT2D eigenvalue weighted by Gasteiger charge is -2.07. The maximum Gasteiger partial charge on any atom is 0.124 e. The van der Waals surface area contributed by atoms with Gasteiger partial charge in [0.05, 0.1) is 6.54 Å². The van der Waals surface area contributed by atoms with Gasteiger partial charge in [-0.1, -0.05) is 12.2 Å². The minimum absolute atomic E-state index is 0.197. The summed E-state index contributed by atoms with van der Waals surface area (Å²) < 4.78 is 15.2. The van der Waals surface area contributed by atoms with Crippen LogP contribution < -0.4 is 5.73 Å². The Hall–Kier alpha value is -1.75. The van der Waals surface area contributed by atoms with Crippen molar-refractivity contribution in [2.24, 2.45) is 5.73 Å². The maximum absolute atomic E-state index is 13.4. The second kappa shape index (κ2) is 4.63. The van der Waals surface area contributed by atoms with Gasteiger partial charge < -0.3 is 5.73 Å². The number of thiocarbonyl (C=S) groups is 1. The molecule has 0 saturated heterocycles. The topological polar surface area (TPSA) is 43.8 Å². The lowest BCUT2D eigenvalue weighted by molar-refractivity contribution is 0.616. The fourth-order valence-electron chi connectivity index (χ4n) is 1.62. The highest BCUT2D eigenvalue weighted by atomic mass is 32.1. The van der Waals surface area contributed by atoms with Crippen LogP contribution in [-0.2, 0) is 6.54 Å². The lowest BCUT2D eigenvalue weighted by atomic mass is 10.1. The number of benzene rings is 1. The molecule has 2 rings (SSSR count). The third-order valence-electron chi connectivity index (χ3n) is 2.50. The molecule has 0 unspecified atom stereocenters. The van der Waals surface area contributed by atoms with Crippen molar-refractivity contribution in [2.75, 3.05) is 0 Å². The quantitative estimate of drug-likeness (QED) is 0.846. The molecule has 5 heteroatoms. The Morgan fingerprint density at radius 3 is 2.82 bits per heavy atom. The third-order valence-corrected chi connectivity index (χ3v) is 2.74. The van der Waals surface area contributed by atoms with E-state index in [9.17, 15) is 4.39 Å². The predicted molar refractivity (Wildman–Crippen MR) is 68.4 cm³/mol. The van der Waals surface area contributed by atoms with Gasteiger partial charge in [-0.05, 0) is 36.8 Å². The number of aryl methyl sites for hydroxylation is 1. The van der Waals surface area contributed by atoms with E-state index in [1.54, 1.807) is 16.9 Å². The minimum atomic E-state index is -0.338. The number of nitrogens with two attached hydrogens (primary N) is 1. The van der Waals surface area contributed by atoms with Gasteiger partial charge >= 0.3 is 0 Å². The molecule has 0 amide bonds. The average molecular weight is 249 g/mol. The number of aromatic nitrogens is 2. The van der Waals surface area contributed by atoms with Crippen LogP contribution in [0.2, 0.25) is 0 Å². The van der Waals surface area contributed by atoms with Gasteiger partial charge in [-0.3, -0.25) is 4.68 Å². The summed E-state index contributed by atoms with van der Waals surface area (Å²) >= 11 is 4.84. The fraction of sp³-hybridized carbons (Fsp3) is 0.167. The molecule has 0 atom stereocenters. The number of rotatable bonds is 3. The summed E-state index contributed by atoms with van der Waals surface area (Å²) in [5.74, 6) is -0.338. The Kier molecular flexibility index (Phi) is 3.19. The normalized spacial score (nSPS) is 10.5. The van der Waals surface area contributed by atoms with Crippen LogP contribution in [-0.4, -0.2) is 14.8 Å². The summed E-state index contributed by atoms with van der Waals surface area (Å²) in [6, 6.07) is 6.48. The number of hydrogen-bond donors (Lipinski definition) is 1. The number of nitrogens with zero attached hydrogens (tertiary/aromatic N) is 2. The summed E-state index contributed by atoms with van der Waals surface area (Å²) in [5.41, 5.74) is 7.85. The van der Waals surface area contributed by atoms with E-state index in [-0.39, 0.29) is 10.8 Å². The molecule has 0 fully saturated rings. The van der Waals surface area contributed by atoms with Gasteiger partial charge in [0.1, 0.15) is 10.8 Å². The second-order valence-corrected chi connectivity index (χ2v) is 4.28. The standard InChI is InChI=1S/C12H12FN3S/c1-8-2-3-15-16(8)7-9-4-10(12(14)17)6-11(13)5-9/h2-6H,7H2,1H3,(H2,14,17). The van der Waals surface area contributed by atoms with Crippen LogP contribution >= 0.6 is 12.2 Å². The molecule has 0 aliphatic rings. The van der Waals surface area contributed by atoms with Crippen molar-refractivity contribution in [3.05, 3.63) is 53.1 Å². The summed E-state index contributed by atoms with van der Waals surface area (Å²) in [5, 5.41) is 4.15. The zero-order valence-electron chi connectivity index (χ0n) is 9.35. The van der Waals surface area contributed by atoms with Gasteiger partial charge in [0.2, 0.25) is 0 Å². The summed E-state index contributed by atoms with van der Waals surface area (Å²) in [6.07, 6.45) is 1.71. The highest BCUT2D eigenvalue weighted by Gasteiger charge is 2.05. The zero-order valence-corrected chi connectivity index (χ0v) is 10.2. The van der Waals surface area contributed by atoms with Gasteiger partial charge in [-0.15, -0.1) is 0 Å². The second-order valence-electron chi connectivity index (χ2n) is 3.84. The largest absolute Gasteiger partial charge is 0.389 e. The molecule has 2 N–H and O–H groups in total. The van der Waals surface area contributed by atoms with Crippen LogP contribution in [0, 0.1) is 12.7 Å². The molecule has 88 valence electrons. The van der Waals surface area contributed by atoms with Crippen molar-refractivity contribution in [3.8, 4) is 0 Å². The molecule has 0 aliphatic carbocycles. The van der Waals surface area contributed by atoms with Crippen molar-refractivity contribution < 1.29 is 4.39 Å². The van der Waals surface area contributed by atoms with E-state index in [0.717, 1.165) is 11.3 Å². The van der Waals surface area contributed by atoms with Crippen molar-refractivity contribution in [3.63, 3.8) is 0 Å². The van der Waals surface area contributed by atoms with E-state index >= 15 is 0 Å². The van der Waals surface area contributed by atoms with Crippen molar-refractivity contribution >= 4 is 17.2 Å². The van der Waals surface area contributed by atoms with Crippen LogP contribution in [0.1, 0.15) is 16.8 Å². The molecular weight excluding hydrogens is 237 g/mol. The Morgan fingerprint density at radius 2 is 2.24 bits per heavy atom. The first-order valence-corrected chi connectivity index (χ1v) is 5.55. The van der Waals surface area contributed by atoms with Crippen LogP contribution in [0.3, 0.4) is 0 Å². The third kappa shape index (κ3) is 2.68. The first kappa shape index (κ1) is 11.7. The van der Waals surface area contributed by atoms with Crippen LogP contribution in [0.25, 0.3) is 0 Å². The molecule has 0 radical (unpaired) electrons. The van der Waals surface area contributed by atoms with Crippen LogP contribution in [0.5, 0.6) is 0 Å². The maximum atomic E-state index is 13.4. The van der Waals surface area contributed by atoms with E-state index in [2.05, 4.69) is 5.10 Å². The van der Waals surface area contributed by atoms with E-state index < -0.39 is 0 Å². The number of hydrogen-bond acceptors (Lipinski definition) is 2. The molecule has 1 heterocycles. The molecule has 1 aromatic carbocycles. The monoisotopic (exact) mass is 249 g/mol. The molecule has 0 bridgehead atoms. The minimum Gasteiger partial charge on any atom is -0.389 e. The summed E-state index contributed by atoms with van der Waals surface area (Å²) in [7, 11) is 0. The Bertz CT molecular complexity index is 563. The van der Waals surface area contributed by atoms with Gasteiger partial charge in [0.25, 0.3) is 0 Å². The summed E-state index contributed by atoms with van der Waals surface area (Å²) in [4.78, 5) is 0.197. The van der Waals surface area contributed by atoms with Gasteiger partial charge in [-0.25, -0.2) is 4.39 Å². The van der Waals surface area contributed by atoms with Crippen LogP contribution in [0.15, 0.2) is 30.5 Å². The van der Waals surface area contributed by atoms with Gasteiger partial charge in [0.15, 0.2) is 0 Å². The van der Waals surface area contributed by atoms with E-state index in [4.69, 9.17) is 18.0 Å². The van der Waals surface area contributed by atoms with E-state index in [1.807, 2.05) is 13.0 Å². The predicted octanol–water partition coefficient (Wildman–Crippen LogP) is 2.01. The average Bonchev–Trinajstić information content (AvgIpc) is 2.63. The lowest BCUT2D eigenvalue weighted by Crippen LogP contribution is -2.11. The molecule has 2 aromatic rings. The highest BCUT2D eigenvalue weighted by molar-refractivity contribution is 7.80. The molecular formula is C12H12FN3S. The van der Waals surface area contributed by atoms with E-state index in [1.165, 1.54) is 12.1 Å². The van der Waals surface area contributed by atoms with Crippen LogP contribution in [0.4, 0.5) is 4.39 Å². The van der Waals surface area contributed by atoms with Crippen molar-refractivity contribution in [2.45, 2.75) is 13.5 Å². The Morgan fingerprint density at radius 1 is 1.47 bits per heavy atom.